The third-order valence-corrected chi connectivity index (χ3v) is 4.50. The first kappa shape index (κ1) is 16.3. The van der Waals surface area contributed by atoms with Crippen molar-refractivity contribution in [2.24, 2.45) is 5.10 Å². The minimum atomic E-state index is -0.204. The molecule has 0 unspecified atom stereocenters. The van der Waals surface area contributed by atoms with Crippen molar-refractivity contribution < 1.29 is 9.59 Å². The van der Waals surface area contributed by atoms with Gasteiger partial charge in [0.15, 0.2) is 5.13 Å². The van der Waals surface area contributed by atoms with Crippen molar-refractivity contribution in [3.05, 3.63) is 47.0 Å². The zero-order chi connectivity index (χ0) is 16.9. The van der Waals surface area contributed by atoms with E-state index in [0.717, 1.165) is 23.4 Å². The number of hydrogen-bond donors (Lipinski definition) is 1. The van der Waals surface area contributed by atoms with E-state index in [1.54, 1.807) is 0 Å². The smallest absolute Gasteiger partial charge is 0.243 e. The summed E-state index contributed by atoms with van der Waals surface area (Å²) in [7, 11) is 0. The minimum absolute atomic E-state index is 0.129. The average Bonchev–Trinajstić information content (AvgIpc) is 3.23. The number of anilines is 1. The predicted molar refractivity (Wildman–Crippen MR) is 94.0 cm³/mol. The Bertz CT molecular complexity index is 770. The molecular formula is C17H18N4O2S. The first-order valence-electron chi connectivity index (χ1n) is 7.77. The Kier molecular flexibility index (Phi) is 5.00. The number of hydrazone groups is 1. The van der Waals surface area contributed by atoms with E-state index in [0.29, 0.717) is 11.7 Å². The molecule has 0 saturated carbocycles. The van der Waals surface area contributed by atoms with Crippen LogP contribution in [0.5, 0.6) is 0 Å². The fraction of sp³-hybridized carbons (Fsp3) is 0.294. The molecule has 1 aromatic heterocycles. The molecule has 1 N–H and O–H groups in total. The van der Waals surface area contributed by atoms with E-state index in [-0.39, 0.29) is 24.7 Å². The van der Waals surface area contributed by atoms with Gasteiger partial charge in [-0.15, -0.1) is 11.3 Å². The lowest BCUT2D eigenvalue weighted by Gasteiger charge is -2.10. The number of hydrogen-bond acceptors (Lipinski definition) is 5. The van der Waals surface area contributed by atoms with Crippen LogP contribution >= 0.6 is 11.3 Å². The second-order valence-electron chi connectivity index (χ2n) is 5.52. The number of carbonyl (C=O) groups is 2. The Morgan fingerprint density at radius 2 is 2.04 bits per heavy atom. The van der Waals surface area contributed by atoms with Crippen LogP contribution in [0.4, 0.5) is 5.13 Å². The van der Waals surface area contributed by atoms with Gasteiger partial charge in [0.1, 0.15) is 0 Å². The third kappa shape index (κ3) is 4.05. The number of carbonyl (C=O) groups excluding carboxylic acids is 2. The molecule has 0 saturated heterocycles. The number of benzene rings is 1. The summed E-state index contributed by atoms with van der Waals surface area (Å²) in [4.78, 5) is 28.3. The highest BCUT2D eigenvalue weighted by molar-refractivity contribution is 7.13. The summed E-state index contributed by atoms with van der Waals surface area (Å²) in [6.45, 7) is 2.43. The van der Waals surface area contributed by atoms with E-state index in [4.69, 9.17) is 0 Å². The molecule has 0 atom stereocenters. The molecule has 7 heteroatoms. The van der Waals surface area contributed by atoms with E-state index >= 15 is 0 Å². The van der Waals surface area contributed by atoms with Gasteiger partial charge in [0.05, 0.1) is 18.0 Å². The summed E-state index contributed by atoms with van der Waals surface area (Å²) < 4.78 is 0. The van der Waals surface area contributed by atoms with E-state index in [9.17, 15) is 9.59 Å². The SMILES string of the molecule is Cc1csc(NC(=O)CCC(=O)N2CCC(c3ccccc3)=N2)n1. The van der Waals surface area contributed by atoms with Crippen LogP contribution in [0.1, 0.15) is 30.5 Å². The second-order valence-corrected chi connectivity index (χ2v) is 6.38. The second kappa shape index (κ2) is 7.35. The highest BCUT2D eigenvalue weighted by atomic mass is 32.1. The van der Waals surface area contributed by atoms with Gasteiger partial charge in [-0.1, -0.05) is 30.3 Å². The van der Waals surface area contributed by atoms with Crippen LogP contribution in [0.25, 0.3) is 0 Å². The van der Waals surface area contributed by atoms with Gasteiger partial charge in [0.25, 0.3) is 0 Å². The minimum Gasteiger partial charge on any atom is -0.302 e. The van der Waals surface area contributed by atoms with Gasteiger partial charge in [-0.05, 0) is 12.5 Å². The Balaban J connectivity index is 1.50. The summed E-state index contributed by atoms with van der Waals surface area (Å²) >= 11 is 1.38. The van der Waals surface area contributed by atoms with Crippen LogP contribution < -0.4 is 5.32 Å². The van der Waals surface area contributed by atoms with Gasteiger partial charge in [-0.2, -0.15) is 5.10 Å². The van der Waals surface area contributed by atoms with Crippen LogP contribution in [0.15, 0.2) is 40.8 Å². The maximum atomic E-state index is 12.2. The molecule has 2 aromatic rings. The number of rotatable bonds is 5. The summed E-state index contributed by atoms with van der Waals surface area (Å²) in [5.41, 5.74) is 2.81. The molecule has 0 fully saturated rings. The molecule has 1 aliphatic rings. The van der Waals surface area contributed by atoms with Gasteiger partial charge in [-0.25, -0.2) is 9.99 Å². The van der Waals surface area contributed by atoms with Crippen molar-refractivity contribution in [3.8, 4) is 0 Å². The predicted octanol–water partition coefficient (Wildman–Crippen LogP) is 2.81. The zero-order valence-corrected chi connectivity index (χ0v) is 14.2. The van der Waals surface area contributed by atoms with Crippen molar-refractivity contribution in [3.63, 3.8) is 0 Å². The van der Waals surface area contributed by atoms with Crippen LogP contribution in [0.2, 0.25) is 0 Å². The molecule has 0 radical (unpaired) electrons. The van der Waals surface area contributed by atoms with Gasteiger partial charge in [-0.3, -0.25) is 9.59 Å². The lowest BCUT2D eigenvalue weighted by molar-refractivity contribution is -0.132. The van der Waals surface area contributed by atoms with Crippen molar-refractivity contribution in [1.29, 1.82) is 0 Å². The molecule has 0 spiro atoms. The van der Waals surface area contributed by atoms with Gasteiger partial charge in [0.2, 0.25) is 11.8 Å². The number of aryl methyl sites for hydroxylation is 1. The van der Waals surface area contributed by atoms with Crippen molar-refractivity contribution in [2.45, 2.75) is 26.2 Å². The molecule has 0 bridgehead atoms. The lowest BCUT2D eigenvalue weighted by Crippen LogP contribution is -2.24. The quantitative estimate of drug-likeness (QED) is 0.908. The Labute approximate surface area is 144 Å². The van der Waals surface area contributed by atoms with Gasteiger partial charge >= 0.3 is 0 Å². The summed E-state index contributed by atoms with van der Waals surface area (Å²) in [5, 5.41) is 11.0. The molecule has 124 valence electrons. The monoisotopic (exact) mass is 342 g/mol. The van der Waals surface area contributed by atoms with Gasteiger partial charge in [0, 0.05) is 24.6 Å². The fourth-order valence-electron chi connectivity index (χ4n) is 2.41. The maximum Gasteiger partial charge on any atom is 0.243 e. The number of thiazole rings is 1. The highest BCUT2D eigenvalue weighted by Crippen LogP contribution is 2.16. The van der Waals surface area contributed by atoms with Crippen molar-refractivity contribution in [2.75, 3.05) is 11.9 Å². The lowest BCUT2D eigenvalue weighted by atomic mass is 10.1. The van der Waals surface area contributed by atoms with Gasteiger partial charge < -0.3 is 5.32 Å². The normalized spacial score (nSPS) is 13.7. The molecule has 1 aliphatic heterocycles. The average molecular weight is 342 g/mol. The standard InChI is InChI=1S/C17H18N4O2S/c1-12-11-24-17(18-12)19-15(22)7-8-16(23)21-10-9-14(20-21)13-5-3-2-4-6-13/h2-6,11H,7-10H2,1H3,(H,18,19,22). The summed E-state index contributed by atoms with van der Waals surface area (Å²) in [6, 6.07) is 9.82. The summed E-state index contributed by atoms with van der Waals surface area (Å²) in [6.07, 6.45) is 1.01. The van der Waals surface area contributed by atoms with E-state index in [1.165, 1.54) is 16.3 Å². The van der Waals surface area contributed by atoms with Crippen LogP contribution in [-0.4, -0.2) is 34.1 Å². The topological polar surface area (TPSA) is 74.7 Å². The zero-order valence-electron chi connectivity index (χ0n) is 13.4. The van der Waals surface area contributed by atoms with Crippen molar-refractivity contribution >= 4 is 34.0 Å². The van der Waals surface area contributed by atoms with Crippen molar-refractivity contribution in [1.82, 2.24) is 9.99 Å². The molecule has 3 rings (SSSR count). The molecule has 2 amide bonds. The molecule has 0 aliphatic carbocycles. The third-order valence-electron chi connectivity index (χ3n) is 3.63. The first-order chi connectivity index (χ1) is 11.6. The number of nitrogens with one attached hydrogen (secondary N) is 1. The first-order valence-corrected chi connectivity index (χ1v) is 8.65. The molecule has 24 heavy (non-hydrogen) atoms. The fourth-order valence-corrected chi connectivity index (χ4v) is 3.12. The molecule has 1 aromatic carbocycles. The summed E-state index contributed by atoms with van der Waals surface area (Å²) in [5.74, 6) is -0.337. The number of amides is 2. The van der Waals surface area contributed by atoms with Crippen LogP contribution in [0, 0.1) is 6.92 Å². The Morgan fingerprint density at radius 1 is 1.25 bits per heavy atom. The number of aromatic nitrogens is 1. The molecular weight excluding hydrogens is 324 g/mol. The number of nitrogens with zero attached hydrogens (tertiary/aromatic N) is 3. The van der Waals surface area contributed by atoms with Crippen LogP contribution in [-0.2, 0) is 9.59 Å². The molecule has 2 heterocycles. The largest absolute Gasteiger partial charge is 0.302 e. The Morgan fingerprint density at radius 3 is 2.75 bits per heavy atom. The molecule has 6 nitrogen and oxygen atoms in total. The van der Waals surface area contributed by atoms with E-state index in [2.05, 4.69) is 15.4 Å². The van der Waals surface area contributed by atoms with E-state index < -0.39 is 0 Å². The van der Waals surface area contributed by atoms with Crippen LogP contribution in [0.3, 0.4) is 0 Å². The van der Waals surface area contributed by atoms with E-state index in [1.807, 2.05) is 42.6 Å². The highest BCUT2D eigenvalue weighted by Gasteiger charge is 2.22. The maximum absolute atomic E-state index is 12.2. The Hall–Kier alpha value is -2.54.